The van der Waals surface area contributed by atoms with Crippen LogP contribution < -0.4 is 0 Å². The van der Waals surface area contributed by atoms with Gasteiger partial charge in [0.1, 0.15) is 11.5 Å². The number of carboxylic acids is 1. The molecule has 0 aromatic rings. The summed E-state index contributed by atoms with van der Waals surface area (Å²) in [5.41, 5.74) is 0.109. The van der Waals surface area contributed by atoms with Gasteiger partial charge >= 0.3 is 11.9 Å². The number of aliphatic carboxylic acids is 1. The minimum Gasteiger partial charge on any atom is -0.481 e. The van der Waals surface area contributed by atoms with E-state index >= 15 is 0 Å². The fourth-order valence-corrected chi connectivity index (χ4v) is 2.14. The van der Waals surface area contributed by atoms with Crippen LogP contribution in [0.1, 0.15) is 26.2 Å². The van der Waals surface area contributed by atoms with E-state index in [9.17, 15) is 9.59 Å². The molecule has 1 fully saturated rings. The van der Waals surface area contributed by atoms with Gasteiger partial charge in [-0.15, -0.1) is 0 Å². The molecule has 14 heavy (non-hydrogen) atoms. The first-order valence-electron chi connectivity index (χ1n) is 4.65. The number of carboxylic acid groups (broad SMARTS) is 1. The van der Waals surface area contributed by atoms with E-state index in [1.165, 1.54) is 0 Å². The quantitative estimate of drug-likeness (QED) is 0.504. The summed E-state index contributed by atoms with van der Waals surface area (Å²) in [7, 11) is 0. The molecule has 4 nitrogen and oxygen atoms in total. The molecule has 0 aromatic carbocycles. The summed E-state index contributed by atoms with van der Waals surface area (Å²) in [6, 6.07) is 0. The molecule has 4 heteroatoms. The van der Waals surface area contributed by atoms with Gasteiger partial charge in [-0.3, -0.25) is 9.59 Å². The van der Waals surface area contributed by atoms with E-state index in [-0.39, 0.29) is 6.42 Å². The highest BCUT2D eigenvalue weighted by molar-refractivity contribution is 5.87. The summed E-state index contributed by atoms with van der Waals surface area (Å²) in [6.45, 7) is 1.93. The second kappa shape index (κ2) is 2.83. The minimum atomic E-state index is -0.989. The van der Waals surface area contributed by atoms with Crippen LogP contribution in [0.4, 0.5) is 0 Å². The van der Waals surface area contributed by atoms with Gasteiger partial charge < -0.3 is 9.84 Å². The van der Waals surface area contributed by atoms with Crippen molar-refractivity contribution in [3.05, 3.63) is 11.6 Å². The molecule has 76 valence electrons. The van der Waals surface area contributed by atoms with Crippen molar-refractivity contribution < 1.29 is 19.4 Å². The zero-order chi connectivity index (χ0) is 10.3. The highest BCUT2D eigenvalue weighted by atomic mass is 16.6. The Kier molecular flexibility index (Phi) is 1.87. The topological polar surface area (TPSA) is 63.6 Å². The Morgan fingerprint density at radius 3 is 3.07 bits per heavy atom. The average Bonchev–Trinajstić information content (AvgIpc) is 2.41. The molecule has 1 aliphatic carbocycles. The summed E-state index contributed by atoms with van der Waals surface area (Å²) in [5.74, 6) is -1.32. The summed E-state index contributed by atoms with van der Waals surface area (Å²) >= 11 is 0. The Morgan fingerprint density at radius 1 is 1.71 bits per heavy atom. The zero-order valence-corrected chi connectivity index (χ0v) is 7.95. The maximum absolute atomic E-state index is 11.1. The minimum absolute atomic E-state index is 0.0107. The van der Waals surface area contributed by atoms with E-state index < -0.39 is 23.5 Å². The first kappa shape index (κ1) is 9.24. The highest BCUT2D eigenvalue weighted by Crippen LogP contribution is 2.45. The molecule has 2 aliphatic rings. The van der Waals surface area contributed by atoms with Crippen LogP contribution in [0.15, 0.2) is 11.6 Å². The van der Waals surface area contributed by atoms with Crippen molar-refractivity contribution in [3.63, 3.8) is 0 Å². The Hall–Kier alpha value is -1.32. The lowest BCUT2D eigenvalue weighted by Gasteiger charge is -2.30. The SMILES string of the molecule is CC1=C[C@H]2OC(=O)C[C@@]2(C(=O)O)CC1. The van der Waals surface area contributed by atoms with Gasteiger partial charge in [0, 0.05) is 0 Å². The smallest absolute Gasteiger partial charge is 0.314 e. The number of carbonyl (C=O) groups excluding carboxylic acids is 1. The number of ether oxygens (including phenoxy) is 1. The van der Waals surface area contributed by atoms with E-state index in [4.69, 9.17) is 9.84 Å². The predicted molar refractivity (Wildman–Crippen MR) is 47.6 cm³/mol. The maximum Gasteiger partial charge on any atom is 0.314 e. The first-order valence-corrected chi connectivity index (χ1v) is 4.65. The van der Waals surface area contributed by atoms with E-state index in [1.54, 1.807) is 6.08 Å². The largest absolute Gasteiger partial charge is 0.481 e. The van der Waals surface area contributed by atoms with Gasteiger partial charge in [-0.2, -0.15) is 0 Å². The fourth-order valence-electron chi connectivity index (χ4n) is 2.14. The van der Waals surface area contributed by atoms with Crippen LogP contribution in [-0.2, 0) is 14.3 Å². The Morgan fingerprint density at radius 2 is 2.43 bits per heavy atom. The molecule has 0 amide bonds. The third kappa shape index (κ3) is 1.14. The lowest BCUT2D eigenvalue weighted by molar-refractivity contribution is -0.152. The summed E-state index contributed by atoms with van der Waals surface area (Å²) in [6.07, 6.45) is 2.46. The molecule has 0 radical (unpaired) electrons. The molecule has 1 aliphatic heterocycles. The lowest BCUT2D eigenvalue weighted by Crippen LogP contribution is -2.40. The van der Waals surface area contributed by atoms with Crippen molar-refractivity contribution in [1.82, 2.24) is 0 Å². The van der Waals surface area contributed by atoms with Gasteiger partial charge in [-0.25, -0.2) is 0 Å². The van der Waals surface area contributed by atoms with Gasteiger partial charge in [0.15, 0.2) is 0 Å². The van der Waals surface area contributed by atoms with E-state index in [1.807, 2.05) is 6.92 Å². The van der Waals surface area contributed by atoms with Gasteiger partial charge in [0.05, 0.1) is 6.42 Å². The normalized spacial score (nSPS) is 35.9. The molecule has 1 heterocycles. The van der Waals surface area contributed by atoms with Crippen molar-refractivity contribution in [1.29, 1.82) is 0 Å². The molecule has 1 saturated heterocycles. The number of hydrogen-bond donors (Lipinski definition) is 1. The van der Waals surface area contributed by atoms with Gasteiger partial charge in [-0.05, 0) is 25.8 Å². The first-order chi connectivity index (χ1) is 6.54. The molecular formula is C10H12O4. The molecule has 0 saturated carbocycles. The van der Waals surface area contributed by atoms with Gasteiger partial charge in [0.2, 0.25) is 0 Å². The Labute approximate surface area is 81.6 Å². The monoisotopic (exact) mass is 196 g/mol. The molecule has 0 bridgehead atoms. The Balaban J connectivity index is 2.39. The summed E-state index contributed by atoms with van der Waals surface area (Å²) in [5, 5.41) is 9.14. The Bertz CT molecular complexity index is 331. The van der Waals surface area contributed by atoms with Crippen LogP contribution in [0.5, 0.6) is 0 Å². The highest BCUT2D eigenvalue weighted by Gasteiger charge is 2.55. The number of esters is 1. The molecule has 0 aromatic heterocycles. The third-order valence-electron chi connectivity index (χ3n) is 3.09. The lowest BCUT2D eigenvalue weighted by atomic mass is 9.72. The molecular weight excluding hydrogens is 184 g/mol. The number of hydrogen-bond acceptors (Lipinski definition) is 3. The van der Waals surface area contributed by atoms with Crippen LogP contribution in [-0.4, -0.2) is 23.1 Å². The van der Waals surface area contributed by atoms with Crippen molar-refractivity contribution in [2.45, 2.75) is 32.3 Å². The second-order valence-corrected chi connectivity index (χ2v) is 4.06. The molecule has 0 spiro atoms. The van der Waals surface area contributed by atoms with Crippen LogP contribution in [0.2, 0.25) is 0 Å². The van der Waals surface area contributed by atoms with Crippen molar-refractivity contribution in [2.24, 2.45) is 5.41 Å². The summed E-state index contributed by atoms with van der Waals surface area (Å²) < 4.78 is 5.00. The van der Waals surface area contributed by atoms with Crippen molar-refractivity contribution in [3.8, 4) is 0 Å². The number of carbonyl (C=O) groups is 2. The van der Waals surface area contributed by atoms with Crippen LogP contribution >= 0.6 is 0 Å². The molecule has 2 rings (SSSR count). The predicted octanol–water partition coefficient (Wildman–Crippen LogP) is 1.11. The molecule has 1 N–H and O–H groups in total. The summed E-state index contributed by atoms with van der Waals surface area (Å²) in [4.78, 5) is 22.3. The van der Waals surface area contributed by atoms with Gasteiger partial charge in [-0.1, -0.05) is 5.57 Å². The van der Waals surface area contributed by atoms with E-state index in [2.05, 4.69) is 0 Å². The zero-order valence-electron chi connectivity index (χ0n) is 7.95. The van der Waals surface area contributed by atoms with Crippen molar-refractivity contribution >= 4 is 11.9 Å². The van der Waals surface area contributed by atoms with Crippen molar-refractivity contribution in [2.75, 3.05) is 0 Å². The molecule has 2 atom stereocenters. The second-order valence-electron chi connectivity index (χ2n) is 4.06. The number of rotatable bonds is 1. The third-order valence-corrected chi connectivity index (χ3v) is 3.09. The van der Waals surface area contributed by atoms with Crippen LogP contribution in [0.3, 0.4) is 0 Å². The van der Waals surface area contributed by atoms with Gasteiger partial charge in [0.25, 0.3) is 0 Å². The van der Waals surface area contributed by atoms with Crippen LogP contribution in [0.25, 0.3) is 0 Å². The van der Waals surface area contributed by atoms with E-state index in [0.717, 1.165) is 12.0 Å². The maximum atomic E-state index is 11.1. The molecule has 0 unspecified atom stereocenters. The van der Waals surface area contributed by atoms with Crippen LogP contribution in [0, 0.1) is 5.41 Å². The average molecular weight is 196 g/mol. The fraction of sp³-hybridized carbons (Fsp3) is 0.600. The van der Waals surface area contributed by atoms with E-state index in [0.29, 0.717) is 6.42 Å². The number of allylic oxidation sites excluding steroid dienone is 1. The standard InChI is InChI=1S/C10H12O4/c1-6-2-3-10(9(12)13)5-8(11)14-7(10)4-6/h4,7H,2-3,5H2,1H3,(H,12,13)/t7-,10+/m1/s1. The number of fused-ring (bicyclic) bond motifs is 1.